The Morgan fingerprint density at radius 3 is 2.88 bits per heavy atom. The lowest BCUT2D eigenvalue weighted by molar-refractivity contribution is 0.101. The van der Waals surface area contributed by atoms with Crippen LogP contribution in [0, 0.1) is 0 Å². The van der Waals surface area contributed by atoms with Gasteiger partial charge in [-0.15, -0.1) is 10.2 Å². The molecule has 0 unspecified atom stereocenters. The number of ether oxygens (including phenoxy) is 2. The minimum atomic E-state index is -0.318. The molecule has 0 bridgehead atoms. The number of hydrogen-bond acceptors (Lipinski definition) is 7. The van der Waals surface area contributed by atoms with Crippen LogP contribution in [-0.2, 0) is 0 Å². The van der Waals surface area contributed by atoms with E-state index in [2.05, 4.69) is 20.5 Å². The van der Waals surface area contributed by atoms with Crippen LogP contribution in [0.2, 0.25) is 0 Å². The molecular formula is C16H12N4O3S. The average molecular weight is 340 g/mol. The van der Waals surface area contributed by atoms with E-state index in [-0.39, 0.29) is 5.91 Å². The second kappa shape index (κ2) is 6.25. The zero-order valence-corrected chi connectivity index (χ0v) is 13.2. The summed E-state index contributed by atoms with van der Waals surface area (Å²) < 4.78 is 11.0. The van der Waals surface area contributed by atoms with Crippen LogP contribution in [0.5, 0.6) is 11.5 Å². The Labute approximate surface area is 141 Å². The SMILES string of the molecule is O=C(Nc1nnc(-c2ccccn2)s1)c1cccc2c1OCCO2. The number of aromatic nitrogens is 3. The van der Waals surface area contributed by atoms with Crippen LogP contribution in [0.1, 0.15) is 10.4 Å². The highest BCUT2D eigenvalue weighted by Crippen LogP contribution is 2.34. The molecule has 0 aliphatic carbocycles. The van der Waals surface area contributed by atoms with E-state index in [1.54, 1.807) is 24.4 Å². The summed E-state index contributed by atoms with van der Waals surface area (Å²) in [6, 6.07) is 10.7. The zero-order chi connectivity index (χ0) is 16.4. The van der Waals surface area contributed by atoms with Gasteiger partial charge in [0.2, 0.25) is 5.13 Å². The molecule has 0 spiro atoms. The van der Waals surface area contributed by atoms with E-state index < -0.39 is 0 Å². The molecule has 1 N–H and O–H groups in total. The van der Waals surface area contributed by atoms with Crippen LogP contribution >= 0.6 is 11.3 Å². The van der Waals surface area contributed by atoms with Crippen molar-refractivity contribution in [3.8, 4) is 22.2 Å². The van der Waals surface area contributed by atoms with Crippen LogP contribution in [0.3, 0.4) is 0 Å². The molecule has 0 fully saturated rings. The van der Waals surface area contributed by atoms with Gasteiger partial charge in [0.25, 0.3) is 5.91 Å². The summed E-state index contributed by atoms with van der Waals surface area (Å²) in [6.07, 6.45) is 1.68. The first kappa shape index (κ1) is 14.6. The first-order chi connectivity index (χ1) is 11.8. The van der Waals surface area contributed by atoms with Gasteiger partial charge in [-0.05, 0) is 24.3 Å². The molecule has 1 amide bonds. The van der Waals surface area contributed by atoms with E-state index in [0.29, 0.717) is 46.1 Å². The minimum Gasteiger partial charge on any atom is -0.486 e. The third kappa shape index (κ3) is 2.79. The number of nitrogens with one attached hydrogen (secondary N) is 1. The fourth-order valence-electron chi connectivity index (χ4n) is 2.28. The number of amides is 1. The van der Waals surface area contributed by atoms with Crippen LogP contribution in [0.15, 0.2) is 42.6 Å². The lowest BCUT2D eigenvalue weighted by Crippen LogP contribution is -2.20. The van der Waals surface area contributed by atoms with Crippen LogP contribution < -0.4 is 14.8 Å². The monoisotopic (exact) mass is 340 g/mol. The first-order valence-electron chi connectivity index (χ1n) is 7.26. The second-order valence-electron chi connectivity index (χ2n) is 4.91. The molecule has 1 aliphatic rings. The smallest absolute Gasteiger partial charge is 0.261 e. The van der Waals surface area contributed by atoms with Crippen molar-refractivity contribution < 1.29 is 14.3 Å². The third-order valence-electron chi connectivity index (χ3n) is 3.34. The van der Waals surface area contributed by atoms with Crippen molar-refractivity contribution in [2.75, 3.05) is 18.5 Å². The molecule has 0 radical (unpaired) electrons. The number of anilines is 1. The maximum Gasteiger partial charge on any atom is 0.261 e. The van der Waals surface area contributed by atoms with Crippen LogP contribution in [0.25, 0.3) is 10.7 Å². The summed E-state index contributed by atoms with van der Waals surface area (Å²) in [5.74, 6) is 0.706. The van der Waals surface area contributed by atoms with Gasteiger partial charge >= 0.3 is 0 Å². The van der Waals surface area contributed by atoms with Crippen LogP contribution in [0.4, 0.5) is 5.13 Å². The Hall–Kier alpha value is -3.00. The molecule has 4 rings (SSSR count). The first-order valence-corrected chi connectivity index (χ1v) is 8.08. The van der Waals surface area contributed by atoms with Gasteiger partial charge < -0.3 is 9.47 Å². The lowest BCUT2D eigenvalue weighted by atomic mass is 10.1. The van der Waals surface area contributed by atoms with E-state index in [4.69, 9.17) is 9.47 Å². The molecule has 2 aromatic heterocycles. The van der Waals surface area contributed by atoms with E-state index in [0.717, 1.165) is 0 Å². The molecular weight excluding hydrogens is 328 g/mol. The number of carbonyl (C=O) groups is 1. The molecule has 0 saturated carbocycles. The van der Waals surface area contributed by atoms with Crippen molar-refractivity contribution in [3.63, 3.8) is 0 Å². The highest BCUT2D eigenvalue weighted by atomic mass is 32.1. The largest absolute Gasteiger partial charge is 0.486 e. The summed E-state index contributed by atoms with van der Waals surface area (Å²) in [7, 11) is 0. The number of para-hydroxylation sites is 1. The maximum absolute atomic E-state index is 12.5. The third-order valence-corrected chi connectivity index (χ3v) is 4.20. The Balaban J connectivity index is 1.56. The van der Waals surface area contributed by atoms with Crippen molar-refractivity contribution in [1.82, 2.24) is 15.2 Å². The fraction of sp³-hybridized carbons (Fsp3) is 0.125. The Kier molecular flexibility index (Phi) is 3.80. The molecule has 24 heavy (non-hydrogen) atoms. The summed E-state index contributed by atoms with van der Waals surface area (Å²) in [5.41, 5.74) is 1.12. The number of rotatable bonds is 3. The van der Waals surface area contributed by atoms with Gasteiger partial charge in [0.1, 0.15) is 18.9 Å². The number of pyridine rings is 1. The van der Waals surface area contributed by atoms with E-state index >= 15 is 0 Å². The highest BCUT2D eigenvalue weighted by Gasteiger charge is 2.21. The summed E-state index contributed by atoms with van der Waals surface area (Å²) in [6.45, 7) is 0.891. The van der Waals surface area contributed by atoms with Crippen molar-refractivity contribution in [2.24, 2.45) is 0 Å². The molecule has 8 heteroatoms. The van der Waals surface area contributed by atoms with E-state index in [9.17, 15) is 4.79 Å². The molecule has 0 atom stereocenters. The molecule has 1 aromatic carbocycles. The average Bonchev–Trinajstić information content (AvgIpc) is 3.10. The van der Waals surface area contributed by atoms with Crippen molar-refractivity contribution in [1.29, 1.82) is 0 Å². The number of fused-ring (bicyclic) bond motifs is 1. The normalized spacial score (nSPS) is 12.7. The molecule has 0 saturated heterocycles. The molecule has 7 nitrogen and oxygen atoms in total. The number of nitrogens with zero attached hydrogens (tertiary/aromatic N) is 3. The van der Waals surface area contributed by atoms with Gasteiger partial charge in [0, 0.05) is 6.20 Å². The number of hydrogen-bond donors (Lipinski definition) is 1. The number of benzene rings is 1. The van der Waals surface area contributed by atoms with Gasteiger partial charge in [-0.2, -0.15) is 0 Å². The van der Waals surface area contributed by atoms with E-state index in [1.165, 1.54) is 11.3 Å². The summed E-state index contributed by atoms with van der Waals surface area (Å²) in [4.78, 5) is 16.7. The molecule has 3 aromatic rings. The quantitative estimate of drug-likeness (QED) is 0.789. The molecule has 120 valence electrons. The van der Waals surface area contributed by atoms with E-state index in [1.807, 2.05) is 18.2 Å². The standard InChI is InChI=1S/C16H12N4O3S/c21-14(10-4-3-6-12-13(10)23-9-8-22-12)18-16-20-19-15(24-16)11-5-1-2-7-17-11/h1-7H,8-9H2,(H,18,20,21). The van der Waals surface area contributed by atoms with Crippen molar-refractivity contribution in [2.45, 2.75) is 0 Å². The predicted molar refractivity (Wildman–Crippen MR) is 88.5 cm³/mol. The van der Waals surface area contributed by atoms with Gasteiger partial charge in [-0.1, -0.05) is 23.5 Å². The van der Waals surface area contributed by atoms with Crippen LogP contribution in [-0.4, -0.2) is 34.3 Å². The van der Waals surface area contributed by atoms with Gasteiger partial charge in [0.15, 0.2) is 16.5 Å². The summed E-state index contributed by atoms with van der Waals surface area (Å²) in [5, 5.41) is 11.8. The predicted octanol–water partition coefficient (Wildman–Crippen LogP) is 2.62. The van der Waals surface area contributed by atoms with Gasteiger partial charge in [-0.3, -0.25) is 15.1 Å². The summed E-state index contributed by atoms with van der Waals surface area (Å²) >= 11 is 1.26. The Morgan fingerprint density at radius 2 is 2.00 bits per heavy atom. The Morgan fingerprint density at radius 1 is 1.08 bits per heavy atom. The van der Waals surface area contributed by atoms with Gasteiger partial charge in [0.05, 0.1) is 5.56 Å². The Bertz CT molecular complexity index is 882. The zero-order valence-electron chi connectivity index (χ0n) is 12.4. The number of carbonyl (C=O) groups excluding carboxylic acids is 1. The van der Waals surface area contributed by atoms with Crippen molar-refractivity contribution >= 4 is 22.4 Å². The maximum atomic E-state index is 12.5. The topological polar surface area (TPSA) is 86.2 Å². The minimum absolute atomic E-state index is 0.318. The second-order valence-corrected chi connectivity index (χ2v) is 5.89. The van der Waals surface area contributed by atoms with Crippen molar-refractivity contribution in [3.05, 3.63) is 48.2 Å². The fourth-order valence-corrected chi connectivity index (χ4v) is 3.00. The lowest BCUT2D eigenvalue weighted by Gasteiger charge is -2.20. The molecule has 3 heterocycles. The molecule has 1 aliphatic heterocycles. The highest BCUT2D eigenvalue weighted by molar-refractivity contribution is 7.18. The van der Waals surface area contributed by atoms with Gasteiger partial charge in [-0.25, -0.2) is 0 Å².